The minimum Gasteiger partial charge on any atom is -0.481 e. The molecular formula is C15H22FNO3. The fraction of sp³-hybridized carbons (Fsp3) is 0.533. The van der Waals surface area contributed by atoms with E-state index in [1.807, 2.05) is 20.8 Å². The lowest BCUT2D eigenvalue weighted by Crippen LogP contribution is -2.46. The van der Waals surface area contributed by atoms with Crippen molar-refractivity contribution in [2.24, 2.45) is 0 Å². The third-order valence-electron chi connectivity index (χ3n) is 2.60. The van der Waals surface area contributed by atoms with Crippen LogP contribution in [0.15, 0.2) is 18.2 Å². The van der Waals surface area contributed by atoms with Gasteiger partial charge in [0.15, 0.2) is 6.10 Å². The molecule has 0 spiro atoms. The van der Waals surface area contributed by atoms with Gasteiger partial charge >= 0.3 is 0 Å². The number of hydrogen-bond acceptors (Lipinski definition) is 3. The van der Waals surface area contributed by atoms with Gasteiger partial charge in [0.1, 0.15) is 11.6 Å². The maximum absolute atomic E-state index is 13.7. The number of nitrogens with one attached hydrogen (secondary N) is 1. The van der Waals surface area contributed by atoms with Crippen molar-refractivity contribution in [2.75, 3.05) is 0 Å². The summed E-state index contributed by atoms with van der Waals surface area (Å²) in [6, 6.07) is 4.15. The van der Waals surface area contributed by atoms with Gasteiger partial charge in [-0.25, -0.2) is 4.39 Å². The zero-order chi connectivity index (χ0) is 15.5. The van der Waals surface area contributed by atoms with Gasteiger partial charge in [-0.15, -0.1) is 0 Å². The quantitative estimate of drug-likeness (QED) is 0.893. The van der Waals surface area contributed by atoms with E-state index in [0.29, 0.717) is 0 Å². The van der Waals surface area contributed by atoms with E-state index >= 15 is 0 Å². The van der Waals surface area contributed by atoms with Crippen LogP contribution in [0.3, 0.4) is 0 Å². The number of hydrogen-bond donors (Lipinski definition) is 2. The van der Waals surface area contributed by atoms with Crippen LogP contribution in [0.5, 0.6) is 5.75 Å². The monoisotopic (exact) mass is 283 g/mol. The van der Waals surface area contributed by atoms with E-state index in [0.717, 1.165) is 0 Å². The van der Waals surface area contributed by atoms with Gasteiger partial charge in [-0.1, -0.05) is 0 Å². The maximum Gasteiger partial charge on any atom is 0.261 e. The smallest absolute Gasteiger partial charge is 0.261 e. The number of carbonyl (C=O) groups is 1. The number of aliphatic hydroxyl groups is 1. The van der Waals surface area contributed by atoms with E-state index in [1.54, 1.807) is 6.92 Å². The Hall–Kier alpha value is -1.62. The van der Waals surface area contributed by atoms with E-state index in [-0.39, 0.29) is 22.8 Å². The standard InChI is InChI=1S/C15H22FNO3/c1-9(18)12-7-6-11(8-13(12)16)20-10(2)14(19)17-15(3,4)5/h6-10,18H,1-5H3,(H,17,19)/t9-,10?/m1/s1. The van der Waals surface area contributed by atoms with E-state index in [2.05, 4.69) is 5.32 Å². The van der Waals surface area contributed by atoms with Gasteiger partial charge in [0, 0.05) is 17.2 Å². The summed E-state index contributed by atoms with van der Waals surface area (Å²) in [5, 5.41) is 12.1. The first-order valence-corrected chi connectivity index (χ1v) is 6.56. The normalized spacial score (nSPS) is 14.6. The van der Waals surface area contributed by atoms with Gasteiger partial charge in [0.05, 0.1) is 6.10 Å². The van der Waals surface area contributed by atoms with Crippen LogP contribution in [0.25, 0.3) is 0 Å². The molecule has 1 aromatic rings. The number of amides is 1. The van der Waals surface area contributed by atoms with Crippen molar-refractivity contribution in [1.82, 2.24) is 5.32 Å². The van der Waals surface area contributed by atoms with Gasteiger partial charge in [-0.3, -0.25) is 4.79 Å². The Morgan fingerprint density at radius 2 is 1.95 bits per heavy atom. The van der Waals surface area contributed by atoms with E-state index in [1.165, 1.54) is 25.1 Å². The predicted molar refractivity (Wildman–Crippen MR) is 75.0 cm³/mol. The first kappa shape index (κ1) is 16.4. The molecule has 0 aliphatic carbocycles. The van der Waals surface area contributed by atoms with Crippen molar-refractivity contribution in [1.29, 1.82) is 0 Å². The Bertz CT molecular complexity index is 480. The summed E-state index contributed by atoms with van der Waals surface area (Å²) in [7, 11) is 0. The molecule has 1 unspecified atom stereocenters. The highest BCUT2D eigenvalue weighted by atomic mass is 19.1. The van der Waals surface area contributed by atoms with E-state index < -0.39 is 18.0 Å². The third kappa shape index (κ3) is 4.81. The second-order valence-electron chi connectivity index (χ2n) is 5.86. The first-order valence-electron chi connectivity index (χ1n) is 6.56. The van der Waals surface area contributed by atoms with Crippen molar-refractivity contribution < 1.29 is 19.0 Å². The summed E-state index contributed by atoms with van der Waals surface area (Å²) in [5.41, 5.74) is -0.153. The van der Waals surface area contributed by atoms with Crippen LogP contribution in [-0.4, -0.2) is 22.7 Å². The van der Waals surface area contributed by atoms with E-state index in [9.17, 15) is 14.3 Å². The van der Waals surface area contributed by atoms with Crippen LogP contribution >= 0.6 is 0 Å². The van der Waals surface area contributed by atoms with Crippen molar-refractivity contribution in [3.05, 3.63) is 29.6 Å². The molecule has 0 aromatic heterocycles. The first-order chi connectivity index (χ1) is 9.10. The molecule has 0 aliphatic heterocycles. The van der Waals surface area contributed by atoms with Gasteiger partial charge in [0.2, 0.25) is 0 Å². The lowest BCUT2D eigenvalue weighted by Gasteiger charge is -2.23. The molecule has 0 saturated carbocycles. The number of rotatable bonds is 4. The molecule has 1 rings (SSSR count). The molecule has 4 nitrogen and oxygen atoms in total. The van der Waals surface area contributed by atoms with Crippen LogP contribution in [0, 0.1) is 5.82 Å². The lowest BCUT2D eigenvalue weighted by molar-refractivity contribution is -0.128. The molecule has 0 heterocycles. The van der Waals surface area contributed by atoms with Gasteiger partial charge in [0.25, 0.3) is 5.91 Å². The summed E-state index contributed by atoms with van der Waals surface area (Å²) in [6.45, 7) is 8.69. The molecule has 112 valence electrons. The van der Waals surface area contributed by atoms with Crippen molar-refractivity contribution in [2.45, 2.75) is 52.4 Å². The molecular weight excluding hydrogens is 261 g/mol. The van der Waals surface area contributed by atoms with Gasteiger partial charge < -0.3 is 15.2 Å². The molecule has 2 atom stereocenters. The number of aliphatic hydroxyl groups excluding tert-OH is 1. The van der Waals surface area contributed by atoms with Crippen LogP contribution in [-0.2, 0) is 4.79 Å². The fourth-order valence-corrected chi connectivity index (χ4v) is 1.65. The van der Waals surface area contributed by atoms with Gasteiger partial charge in [-0.05, 0) is 46.8 Å². The zero-order valence-corrected chi connectivity index (χ0v) is 12.5. The van der Waals surface area contributed by atoms with Crippen LogP contribution < -0.4 is 10.1 Å². The average Bonchev–Trinajstić information content (AvgIpc) is 2.26. The van der Waals surface area contributed by atoms with Gasteiger partial charge in [-0.2, -0.15) is 0 Å². The Kier molecular flexibility index (Phi) is 5.11. The third-order valence-corrected chi connectivity index (χ3v) is 2.60. The SMILES string of the molecule is CC(Oc1ccc([C@@H](C)O)c(F)c1)C(=O)NC(C)(C)C. The average molecular weight is 283 g/mol. The maximum atomic E-state index is 13.7. The zero-order valence-electron chi connectivity index (χ0n) is 12.5. The van der Waals surface area contributed by atoms with Crippen LogP contribution in [0.2, 0.25) is 0 Å². The molecule has 0 fully saturated rings. The highest BCUT2D eigenvalue weighted by Gasteiger charge is 2.21. The Balaban J connectivity index is 2.74. The molecule has 0 aliphatic rings. The molecule has 20 heavy (non-hydrogen) atoms. The largest absolute Gasteiger partial charge is 0.481 e. The van der Waals surface area contributed by atoms with Crippen molar-refractivity contribution >= 4 is 5.91 Å². The Morgan fingerprint density at radius 3 is 2.40 bits per heavy atom. The van der Waals surface area contributed by atoms with E-state index in [4.69, 9.17) is 4.74 Å². The molecule has 5 heteroatoms. The summed E-state index contributed by atoms with van der Waals surface area (Å²) in [4.78, 5) is 11.9. The fourth-order valence-electron chi connectivity index (χ4n) is 1.65. The summed E-state index contributed by atoms with van der Waals surface area (Å²) in [6.07, 6.45) is -1.61. The highest BCUT2D eigenvalue weighted by molar-refractivity contribution is 5.81. The van der Waals surface area contributed by atoms with Crippen LogP contribution in [0.4, 0.5) is 4.39 Å². The topological polar surface area (TPSA) is 58.6 Å². The van der Waals surface area contributed by atoms with Crippen molar-refractivity contribution in [3.63, 3.8) is 0 Å². The molecule has 0 bridgehead atoms. The lowest BCUT2D eigenvalue weighted by atomic mass is 10.1. The highest BCUT2D eigenvalue weighted by Crippen LogP contribution is 2.22. The number of halogens is 1. The summed E-state index contributed by atoms with van der Waals surface area (Å²) >= 11 is 0. The molecule has 0 saturated heterocycles. The summed E-state index contributed by atoms with van der Waals surface area (Å²) in [5.74, 6) is -0.568. The Labute approximate surface area is 119 Å². The molecule has 1 amide bonds. The molecule has 0 radical (unpaired) electrons. The Morgan fingerprint density at radius 1 is 1.35 bits per heavy atom. The molecule has 2 N–H and O–H groups in total. The minimum atomic E-state index is -0.884. The predicted octanol–water partition coefficient (Wildman–Crippen LogP) is 2.56. The minimum absolute atomic E-state index is 0.198. The molecule has 1 aromatic carbocycles. The number of carbonyl (C=O) groups excluding carboxylic acids is 1. The van der Waals surface area contributed by atoms with Crippen molar-refractivity contribution in [3.8, 4) is 5.75 Å². The second-order valence-corrected chi connectivity index (χ2v) is 5.86. The second kappa shape index (κ2) is 6.22. The number of ether oxygens (including phenoxy) is 1. The summed E-state index contributed by atoms with van der Waals surface area (Å²) < 4.78 is 19.1. The van der Waals surface area contributed by atoms with Crippen LogP contribution in [0.1, 0.15) is 46.3 Å². The number of benzene rings is 1.